The minimum Gasteiger partial charge on any atom is -0.443 e. The highest BCUT2D eigenvalue weighted by molar-refractivity contribution is 6.31. The Morgan fingerprint density at radius 1 is 1.26 bits per heavy atom. The van der Waals surface area contributed by atoms with E-state index >= 15 is 0 Å². The maximum Gasteiger partial charge on any atom is 0.271 e. The Balaban J connectivity index is 1.54. The second kappa shape index (κ2) is 7.40. The van der Waals surface area contributed by atoms with E-state index in [1.807, 2.05) is 24.3 Å². The van der Waals surface area contributed by atoms with Crippen molar-refractivity contribution in [1.29, 1.82) is 0 Å². The maximum absolute atomic E-state index is 12.8. The monoisotopic (exact) mass is 383 g/mol. The fourth-order valence-corrected chi connectivity index (χ4v) is 3.58. The lowest BCUT2D eigenvalue weighted by atomic mass is 10.1. The third-order valence-corrected chi connectivity index (χ3v) is 5.06. The summed E-state index contributed by atoms with van der Waals surface area (Å²) in [4.78, 5) is 33.0. The van der Waals surface area contributed by atoms with Crippen LogP contribution in [0.2, 0.25) is 5.02 Å². The Kier molecular flexibility index (Phi) is 4.81. The summed E-state index contributed by atoms with van der Waals surface area (Å²) in [6.45, 7) is 0.600. The van der Waals surface area contributed by atoms with Crippen molar-refractivity contribution in [2.45, 2.75) is 25.3 Å². The minimum atomic E-state index is -0.297. The number of H-pyrrole nitrogens is 1. The molecule has 1 aliphatic rings. The van der Waals surface area contributed by atoms with E-state index in [0.29, 0.717) is 29.6 Å². The van der Waals surface area contributed by atoms with Gasteiger partial charge in [-0.05, 0) is 30.5 Å². The molecule has 0 spiro atoms. The topological polar surface area (TPSA) is 79.2 Å². The summed E-state index contributed by atoms with van der Waals surface area (Å²) in [6.07, 6.45) is 3.86. The lowest BCUT2D eigenvalue weighted by Crippen LogP contribution is -2.32. The largest absolute Gasteiger partial charge is 0.443 e. The third-order valence-electron chi connectivity index (χ3n) is 4.69. The highest BCUT2D eigenvalue weighted by atomic mass is 35.5. The van der Waals surface area contributed by atoms with Crippen LogP contribution in [0.25, 0.3) is 0 Å². The molecule has 0 saturated carbocycles. The van der Waals surface area contributed by atoms with Gasteiger partial charge in [0.15, 0.2) is 0 Å². The number of hydrogen-bond donors (Lipinski definition) is 1. The summed E-state index contributed by atoms with van der Waals surface area (Å²) in [5, 5.41) is 0.682. The molecule has 1 saturated heterocycles. The van der Waals surface area contributed by atoms with Crippen LogP contribution in [0.15, 0.2) is 57.9 Å². The molecule has 4 rings (SSSR count). The SMILES string of the molecule is O=C(c1cccc(=O)[nH]1)N1CCC[C@@H]1c1ncc(Cc2ccccc2Cl)o1. The second-order valence-electron chi connectivity index (χ2n) is 6.52. The van der Waals surface area contributed by atoms with Crippen LogP contribution in [0, 0.1) is 0 Å². The molecule has 1 aliphatic heterocycles. The van der Waals surface area contributed by atoms with Crippen molar-refractivity contribution in [2.75, 3.05) is 6.54 Å². The Morgan fingerprint density at radius 2 is 2.11 bits per heavy atom. The van der Waals surface area contributed by atoms with Crippen molar-refractivity contribution in [3.63, 3.8) is 0 Å². The summed E-state index contributed by atoms with van der Waals surface area (Å²) in [6, 6.07) is 11.9. The van der Waals surface area contributed by atoms with Gasteiger partial charge in [0.05, 0.1) is 6.20 Å². The molecule has 0 bridgehead atoms. The molecule has 3 heterocycles. The van der Waals surface area contributed by atoms with Crippen LogP contribution in [0.1, 0.15) is 46.6 Å². The number of hydrogen-bond acceptors (Lipinski definition) is 4. The van der Waals surface area contributed by atoms with Crippen molar-refractivity contribution in [3.8, 4) is 0 Å². The number of carbonyl (C=O) groups is 1. The molecule has 0 aliphatic carbocycles. The molecule has 0 radical (unpaired) electrons. The summed E-state index contributed by atoms with van der Waals surface area (Å²) < 4.78 is 5.93. The minimum absolute atomic E-state index is 0.221. The Labute approximate surface area is 160 Å². The first-order valence-corrected chi connectivity index (χ1v) is 9.18. The molecular weight excluding hydrogens is 366 g/mol. The van der Waals surface area contributed by atoms with Gasteiger partial charge in [0.25, 0.3) is 5.91 Å². The van der Waals surface area contributed by atoms with E-state index in [2.05, 4.69) is 9.97 Å². The number of benzene rings is 1. The predicted molar refractivity (Wildman–Crippen MR) is 101 cm³/mol. The quantitative estimate of drug-likeness (QED) is 0.746. The Hall–Kier alpha value is -2.86. The van der Waals surface area contributed by atoms with E-state index in [-0.39, 0.29) is 23.2 Å². The number of oxazole rings is 1. The molecule has 138 valence electrons. The van der Waals surface area contributed by atoms with Gasteiger partial charge in [-0.3, -0.25) is 9.59 Å². The summed E-state index contributed by atoms with van der Waals surface area (Å²) in [5.74, 6) is 0.993. The van der Waals surface area contributed by atoms with Gasteiger partial charge in [-0.15, -0.1) is 0 Å². The number of halogens is 1. The first-order valence-electron chi connectivity index (χ1n) is 8.80. The number of pyridine rings is 1. The normalized spacial score (nSPS) is 16.6. The van der Waals surface area contributed by atoms with Crippen LogP contribution in [-0.2, 0) is 6.42 Å². The first kappa shape index (κ1) is 17.5. The Bertz CT molecular complexity index is 1030. The number of likely N-dealkylation sites (tertiary alicyclic amines) is 1. The maximum atomic E-state index is 12.8. The van der Waals surface area contributed by atoms with Crippen molar-refractivity contribution in [1.82, 2.24) is 14.9 Å². The molecule has 0 unspecified atom stereocenters. The van der Waals surface area contributed by atoms with Gasteiger partial charge in [0.1, 0.15) is 17.5 Å². The predicted octanol–water partition coefficient (Wildman–Crippen LogP) is 3.58. The second-order valence-corrected chi connectivity index (χ2v) is 6.93. The molecule has 2 aromatic heterocycles. The van der Waals surface area contributed by atoms with Crippen LogP contribution in [0.5, 0.6) is 0 Å². The molecule has 1 atom stereocenters. The molecule has 1 N–H and O–H groups in total. The number of rotatable bonds is 4. The molecule has 6 nitrogen and oxygen atoms in total. The number of aromatic nitrogens is 2. The molecule has 3 aromatic rings. The zero-order valence-corrected chi connectivity index (χ0v) is 15.3. The number of aromatic amines is 1. The van der Waals surface area contributed by atoms with Crippen molar-refractivity contribution in [2.24, 2.45) is 0 Å². The lowest BCUT2D eigenvalue weighted by molar-refractivity contribution is 0.0708. The number of carbonyl (C=O) groups excluding carboxylic acids is 1. The van der Waals surface area contributed by atoms with E-state index in [0.717, 1.165) is 18.4 Å². The summed E-state index contributed by atoms with van der Waals surface area (Å²) in [7, 11) is 0. The van der Waals surface area contributed by atoms with Gasteiger partial charge in [-0.2, -0.15) is 0 Å². The smallest absolute Gasteiger partial charge is 0.271 e. The van der Waals surface area contributed by atoms with Gasteiger partial charge in [0, 0.05) is 24.1 Å². The summed E-state index contributed by atoms with van der Waals surface area (Å²) >= 11 is 6.21. The van der Waals surface area contributed by atoms with E-state index in [1.54, 1.807) is 23.2 Å². The fraction of sp³-hybridized carbons (Fsp3) is 0.250. The fourth-order valence-electron chi connectivity index (χ4n) is 3.38. The van der Waals surface area contributed by atoms with E-state index in [4.69, 9.17) is 16.0 Å². The van der Waals surface area contributed by atoms with E-state index < -0.39 is 0 Å². The zero-order valence-electron chi connectivity index (χ0n) is 14.5. The standard InChI is InChI=1S/C20H18ClN3O3/c21-15-6-2-1-5-13(15)11-14-12-22-19(27-14)17-8-4-10-24(17)20(26)16-7-3-9-18(25)23-16/h1-3,5-7,9,12,17H,4,8,10-11H2,(H,23,25)/t17-/m1/s1. The van der Waals surface area contributed by atoms with Gasteiger partial charge >= 0.3 is 0 Å². The van der Waals surface area contributed by atoms with Crippen molar-refractivity contribution < 1.29 is 9.21 Å². The zero-order chi connectivity index (χ0) is 18.8. The van der Waals surface area contributed by atoms with Crippen LogP contribution in [0.3, 0.4) is 0 Å². The van der Waals surface area contributed by atoms with Gasteiger partial charge in [-0.1, -0.05) is 35.9 Å². The molecule has 27 heavy (non-hydrogen) atoms. The highest BCUT2D eigenvalue weighted by Gasteiger charge is 2.34. The van der Waals surface area contributed by atoms with Crippen LogP contribution < -0.4 is 5.56 Å². The van der Waals surface area contributed by atoms with E-state index in [9.17, 15) is 9.59 Å². The average Bonchev–Trinajstić information content (AvgIpc) is 3.32. The van der Waals surface area contributed by atoms with Gasteiger partial charge in [-0.25, -0.2) is 4.98 Å². The van der Waals surface area contributed by atoms with Crippen LogP contribution in [-0.4, -0.2) is 27.3 Å². The lowest BCUT2D eigenvalue weighted by Gasteiger charge is -2.22. The number of nitrogens with zero attached hydrogens (tertiary/aromatic N) is 2. The average molecular weight is 384 g/mol. The summed E-state index contributed by atoms with van der Waals surface area (Å²) in [5.41, 5.74) is 0.940. The van der Waals surface area contributed by atoms with Crippen LogP contribution >= 0.6 is 11.6 Å². The first-order chi connectivity index (χ1) is 13.1. The van der Waals surface area contributed by atoms with Gasteiger partial charge < -0.3 is 14.3 Å². The van der Waals surface area contributed by atoms with E-state index in [1.165, 1.54) is 6.07 Å². The number of amides is 1. The molecule has 1 amide bonds. The highest BCUT2D eigenvalue weighted by Crippen LogP contribution is 2.33. The van der Waals surface area contributed by atoms with Crippen molar-refractivity contribution in [3.05, 3.63) is 86.9 Å². The van der Waals surface area contributed by atoms with Crippen LogP contribution in [0.4, 0.5) is 0 Å². The Morgan fingerprint density at radius 3 is 2.93 bits per heavy atom. The number of nitrogens with one attached hydrogen (secondary N) is 1. The third kappa shape index (κ3) is 3.66. The van der Waals surface area contributed by atoms with Crippen molar-refractivity contribution >= 4 is 17.5 Å². The van der Waals surface area contributed by atoms with Gasteiger partial charge in [0.2, 0.25) is 11.4 Å². The molecule has 7 heteroatoms. The molecule has 1 aromatic carbocycles. The molecular formula is C20H18ClN3O3. The molecule has 1 fully saturated rings.